The van der Waals surface area contributed by atoms with Gasteiger partial charge in [0.2, 0.25) is 15.9 Å². The third kappa shape index (κ3) is 6.04. The third-order valence-electron chi connectivity index (χ3n) is 4.41. The second-order valence-corrected chi connectivity index (χ2v) is 8.76. The van der Waals surface area contributed by atoms with Crippen LogP contribution < -0.4 is 14.9 Å². The molecule has 0 radical (unpaired) electrons. The Bertz CT molecular complexity index is 1000. The maximum absolute atomic E-state index is 12.7. The molecule has 0 aromatic heterocycles. The summed E-state index contributed by atoms with van der Waals surface area (Å²) in [5, 5.41) is 5.35. The second kappa shape index (κ2) is 10.2. The molecule has 0 saturated carbocycles. The van der Waals surface area contributed by atoms with E-state index in [0.29, 0.717) is 24.5 Å². The Morgan fingerprint density at radius 3 is 2.27 bits per heavy atom. The molecule has 2 rings (SSSR count). The van der Waals surface area contributed by atoms with Crippen LogP contribution in [0.4, 0.5) is 11.4 Å². The van der Waals surface area contributed by atoms with Crippen LogP contribution in [0.25, 0.3) is 0 Å². The predicted octanol–water partition coefficient (Wildman–Crippen LogP) is 2.08. The summed E-state index contributed by atoms with van der Waals surface area (Å²) in [7, 11) is -2.18. The summed E-state index contributed by atoms with van der Waals surface area (Å²) >= 11 is 0. The largest absolute Gasteiger partial charge is 0.383 e. The number of amides is 2. The van der Waals surface area contributed by atoms with Crippen molar-refractivity contribution in [3.63, 3.8) is 0 Å². The number of aryl methyl sites for hydroxylation is 2. The van der Waals surface area contributed by atoms with Crippen molar-refractivity contribution in [2.24, 2.45) is 0 Å². The molecule has 2 aromatic carbocycles. The number of para-hydroxylation sites is 2. The molecule has 2 N–H and O–H groups in total. The molecule has 2 amide bonds. The van der Waals surface area contributed by atoms with E-state index in [1.165, 1.54) is 7.11 Å². The Labute approximate surface area is 177 Å². The number of hydrogen-bond acceptors (Lipinski definition) is 5. The van der Waals surface area contributed by atoms with Gasteiger partial charge in [-0.05, 0) is 37.1 Å². The van der Waals surface area contributed by atoms with Crippen LogP contribution >= 0.6 is 0 Å². The standard InChI is InChI=1S/C21H27N3O5S/c1-15-8-7-9-16(2)20(15)24(30(4,27)28)14-19(25)23-18-11-6-5-10-17(18)21(26)22-12-13-29-3/h5-11H,12-14H2,1-4H3,(H,22,26)(H,23,25). The quantitative estimate of drug-likeness (QED) is 0.589. The molecule has 0 aliphatic heterocycles. The Balaban J connectivity index is 2.24. The highest BCUT2D eigenvalue weighted by molar-refractivity contribution is 7.92. The van der Waals surface area contributed by atoms with Crippen molar-refractivity contribution >= 4 is 33.2 Å². The van der Waals surface area contributed by atoms with E-state index in [0.717, 1.165) is 21.7 Å². The fourth-order valence-electron chi connectivity index (χ4n) is 3.03. The Hall–Kier alpha value is -2.91. The zero-order chi connectivity index (χ0) is 22.3. The lowest BCUT2D eigenvalue weighted by molar-refractivity contribution is -0.114. The average Bonchev–Trinajstić information content (AvgIpc) is 2.66. The summed E-state index contributed by atoms with van der Waals surface area (Å²) < 4.78 is 30.8. The van der Waals surface area contributed by atoms with Gasteiger partial charge in [-0.1, -0.05) is 30.3 Å². The van der Waals surface area contributed by atoms with Crippen LogP contribution in [0.5, 0.6) is 0 Å². The summed E-state index contributed by atoms with van der Waals surface area (Å²) in [6.07, 6.45) is 1.06. The van der Waals surface area contributed by atoms with Crippen LogP contribution in [0.1, 0.15) is 21.5 Å². The van der Waals surface area contributed by atoms with Crippen molar-refractivity contribution in [2.45, 2.75) is 13.8 Å². The first kappa shape index (κ1) is 23.4. The van der Waals surface area contributed by atoms with Crippen molar-refractivity contribution in [2.75, 3.05) is 42.7 Å². The topological polar surface area (TPSA) is 105 Å². The highest BCUT2D eigenvalue weighted by atomic mass is 32.2. The van der Waals surface area contributed by atoms with Gasteiger partial charge in [0.05, 0.1) is 29.8 Å². The number of sulfonamides is 1. The molecule has 0 atom stereocenters. The van der Waals surface area contributed by atoms with E-state index in [1.54, 1.807) is 50.2 Å². The monoisotopic (exact) mass is 433 g/mol. The van der Waals surface area contributed by atoms with Crippen LogP contribution in [0, 0.1) is 13.8 Å². The van der Waals surface area contributed by atoms with E-state index in [4.69, 9.17) is 4.74 Å². The number of carbonyl (C=O) groups excluding carboxylic acids is 2. The summed E-state index contributed by atoms with van der Waals surface area (Å²) in [6.45, 7) is 3.85. The maximum Gasteiger partial charge on any atom is 0.253 e. The van der Waals surface area contributed by atoms with E-state index in [-0.39, 0.29) is 11.5 Å². The maximum atomic E-state index is 12.7. The zero-order valence-corrected chi connectivity index (χ0v) is 18.4. The molecule has 0 spiro atoms. The van der Waals surface area contributed by atoms with Gasteiger partial charge in [-0.15, -0.1) is 0 Å². The lowest BCUT2D eigenvalue weighted by Crippen LogP contribution is -2.38. The number of hydrogen-bond donors (Lipinski definition) is 2. The van der Waals surface area contributed by atoms with Gasteiger partial charge in [-0.2, -0.15) is 0 Å². The molecule has 0 heterocycles. The minimum absolute atomic E-state index is 0.278. The fraction of sp³-hybridized carbons (Fsp3) is 0.333. The number of benzene rings is 2. The number of anilines is 2. The third-order valence-corrected chi connectivity index (χ3v) is 5.53. The molecule has 0 aliphatic rings. The van der Waals surface area contributed by atoms with Crippen molar-refractivity contribution in [1.29, 1.82) is 0 Å². The number of methoxy groups -OCH3 is 1. The first-order chi connectivity index (χ1) is 14.1. The summed E-state index contributed by atoms with van der Waals surface area (Å²) in [6, 6.07) is 11.9. The van der Waals surface area contributed by atoms with Gasteiger partial charge in [-0.3, -0.25) is 13.9 Å². The molecule has 0 fully saturated rings. The molecule has 8 nitrogen and oxygen atoms in total. The molecule has 0 unspecified atom stereocenters. The minimum atomic E-state index is -3.71. The summed E-state index contributed by atoms with van der Waals surface area (Å²) in [5.74, 6) is -0.919. The number of carbonyl (C=O) groups is 2. The van der Waals surface area contributed by atoms with Gasteiger partial charge < -0.3 is 15.4 Å². The molecular formula is C21H27N3O5S. The molecular weight excluding hydrogens is 406 g/mol. The predicted molar refractivity (Wildman–Crippen MR) is 117 cm³/mol. The van der Waals surface area contributed by atoms with Gasteiger partial charge in [0, 0.05) is 13.7 Å². The fourth-order valence-corrected chi connectivity index (χ4v) is 4.00. The Morgan fingerprint density at radius 2 is 1.67 bits per heavy atom. The van der Waals surface area contributed by atoms with E-state index in [1.807, 2.05) is 6.07 Å². The highest BCUT2D eigenvalue weighted by Gasteiger charge is 2.24. The first-order valence-corrected chi connectivity index (χ1v) is 11.2. The van der Waals surface area contributed by atoms with Crippen molar-refractivity contribution in [3.8, 4) is 0 Å². The molecule has 30 heavy (non-hydrogen) atoms. The van der Waals surface area contributed by atoms with Crippen LogP contribution in [0.2, 0.25) is 0 Å². The smallest absolute Gasteiger partial charge is 0.253 e. The lowest BCUT2D eigenvalue weighted by Gasteiger charge is -2.25. The lowest BCUT2D eigenvalue weighted by atomic mass is 10.1. The summed E-state index contributed by atoms with van der Waals surface area (Å²) in [4.78, 5) is 25.1. The van der Waals surface area contributed by atoms with Crippen LogP contribution in [-0.2, 0) is 19.6 Å². The van der Waals surface area contributed by atoms with Crippen molar-refractivity contribution < 1.29 is 22.7 Å². The number of rotatable bonds is 9. The van der Waals surface area contributed by atoms with Gasteiger partial charge >= 0.3 is 0 Å². The number of nitrogens with one attached hydrogen (secondary N) is 2. The van der Waals surface area contributed by atoms with Gasteiger partial charge in [-0.25, -0.2) is 8.42 Å². The normalized spacial score (nSPS) is 11.1. The van der Waals surface area contributed by atoms with Crippen LogP contribution in [-0.4, -0.2) is 53.3 Å². The first-order valence-electron chi connectivity index (χ1n) is 9.35. The zero-order valence-electron chi connectivity index (χ0n) is 17.6. The van der Waals surface area contributed by atoms with Crippen LogP contribution in [0.15, 0.2) is 42.5 Å². The van der Waals surface area contributed by atoms with Gasteiger partial charge in [0.25, 0.3) is 5.91 Å². The van der Waals surface area contributed by atoms with Gasteiger partial charge in [0.1, 0.15) is 6.54 Å². The Kier molecular flexibility index (Phi) is 7.96. The van der Waals surface area contributed by atoms with E-state index in [9.17, 15) is 18.0 Å². The van der Waals surface area contributed by atoms with E-state index >= 15 is 0 Å². The van der Waals surface area contributed by atoms with Crippen LogP contribution in [0.3, 0.4) is 0 Å². The average molecular weight is 434 g/mol. The molecule has 2 aromatic rings. The second-order valence-electron chi connectivity index (χ2n) is 6.85. The Morgan fingerprint density at radius 1 is 1.03 bits per heavy atom. The molecule has 162 valence electrons. The highest BCUT2D eigenvalue weighted by Crippen LogP contribution is 2.26. The molecule has 0 bridgehead atoms. The van der Waals surface area contributed by atoms with Gasteiger partial charge in [0.15, 0.2) is 0 Å². The number of nitrogens with zero attached hydrogens (tertiary/aromatic N) is 1. The van der Waals surface area contributed by atoms with E-state index < -0.39 is 22.5 Å². The van der Waals surface area contributed by atoms with Crippen molar-refractivity contribution in [1.82, 2.24) is 5.32 Å². The van der Waals surface area contributed by atoms with Crippen molar-refractivity contribution in [3.05, 3.63) is 59.2 Å². The van der Waals surface area contributed by atoms with E-state index in [2.05, 4.69) is 10.6 Å². The molecule has 9 heteroatoms. The number of ether oxygens (including phenoxy) is 1. The summed E-state index contributed by atoms with van der Waals surface area (Å²) in [5.41, 5.74) is 2.53. The SMILES string of the molecule is COCCNC(=O)c1ccccc1NC(=O)CN(c1c(C)cccc1C)S(C)(=O)=O. The minimum Gasteiger partial charge on any atom is -0.383 e. The molecule has 0 aliphatic carbocycles. The molecule has 0 saturated heterocycles.